The third-order valence-corrected chi connectivity index (χ3v) is 2.68. The molecular weight excluding hydrogens is 180 g/mol. The predicted molar refractivity (Wildman–Crippen MR) is 56.2 cm³/mol. The first kappa shape index (κ1) is 11.3. The van der Waals surface area contributed by atoms with E-state index in [1.165, 1.54) is 6.42 Å². The zero-order valence-electron chi connectivity index (χ0n) is 8.90. The van der Waals surface area contributed by atoms with Crippen LogP contribution in [-0.2, 0) is 0 Å². The molecule has 0 spiro atoms. The van der Waals surface area contributed by atoms with Crippen LogP contribution in [0.3, 0.4) is 0 Å². The van der Waals surface area contributed by atoms with Crippen molar-refractivity contribution in [3.63, 3.8) is 0 Å². The van der Waals surface area contributed by atoms with Crippen molar-refractivity contribution in [2.24, 2.45) is 16.6 Å². The molecule has 1 heterocycles. The minimum atomic E-state index is 0.105. The molecule has 5 heteroatoms. The van der Waals surface area contributed by atoms with Crippen molar-refractivity contribution < 1.29 is 5.21 Å². The van der Waals surface area contributed by atoms with Crippen molar-refractivity contribution in [3.8, 4) is 0 Å². The van der Waals surface area contributed by atoms with Gasteiger partial charge >= 0.3 is 0 Å². The maximum absolute atomic E-state index is 8.43. The summed E-state index contributed by atoms with van der Waals surface area (Å²) in [6.07, 6.45) is 1.17. The summed E-state index contributed by atoms with van der Waals surface area (Å²) < 4.78 is 0. The average Bonchev–Trinajstić information content (AvgIpc) is 2.62. The smallest absolute Gasteiger partial charge is 0.212 e. The van der Waals surface area contributed by atoms with E-state index in [0.29, 0.717) is 18.5 Å². The number of aliphatic imine (C=N–C) groups is 1. The highest BCUT2D eigenvalue weighted by Crippen LogP contribution is 2.18. The van der Waals surface area contributed by atoms with Crippen LogP contribution in [0.2, 0.25) is 0 Å². The topological polar surface area (TPSA) is 73.9 Å². The molecule has 0 saturated carbocycles. The van der Waals surface area contributed by atoms with Crippen molar-refractivity contribution in [1.29, 1.82) is 0 Å². The summed E-state index contributed by atoms with van der Waals surface area (Å²) in [6, 6.07) is 0.609. The number of nitrogens with one attached hydrogen (secondary N) is 1. The standard InChI is InChI=1S/C9H20N4O/c1-7(2)13-4-3-8(6-13)5-11-9(10)12-14/h7-8,14H,3-6H2,1-2H3,(H3,10,11,12). The van der Waals surface area contributed by atoms with Crippen LogP contribution in [-0.4, -0.2) is 41.7 Å². The van der Waals surface area contributed by atoms with Crippen LogP contribution in [0, 0.1) is 5.92 Å². The molecule has 0 aromatic rings. The van der Waals surface area contributed by atoms with Gasteiger partial charge < -0.3 is 10.6 Å². The van der Waals surface area contributed by atoms with E-state index in [-0.39, 0.29) is 5.96 Å². The highest BCUT2D eigenvalue weighted by atomic mass is 16.5. The molecule has 1 aliphatic rings. The highest BCUT2D eigenvalue weighted by Gasteiger charge is 2.23. The molecule has 1 atom stereocenters. The summed E-state index contributed by atoms with van der Waals surface area (Å²) >= 11 is 0. The number of hydroxylamine groups is 1. The largest absolute Gasteiger partial charge is 0.368 e. The number of nitrogens with two attached hydrogens (primary N) is 1. The van der Waals surface area contributed by atoms with Gasteiger partial charge in [0.25, 0.3) is 0 Å². The molecule has 0 bridgehead atoms. The van der Waals surface area contributed by atoms with Gasteiger partial charge in [-0.25, -0.2) is 5.48 Å². The fraction of sp³-hybridized carbons (Fsp3) is 0.889. The number of hydrogen-bond acceptors (Lipinski definition) is 3. The number of nitrogens with zero attached hydrogens (tertiary/aromatic N) is 2. The maximum Gasteiger partial charge on any atom is 0.212 e. The molecule has 1 aliphatic heterocycles. The Morgan fingerprint density at radius 3 is 2.93 bits per heavy atom. The van der Waals surface area contributed by atoms with Crippen LogP contribution < -0.4 is 11.2 Å². The van der Waals surface area contributed by atoms with Crippen molar-refractivity contribution in [2.75, 3.05) is 19.6 Å². The highest BCUT2D eigenvalue weighted by molar-refractivity contribution is 5.76. The second-order valence-corrected chi connectivity index (χ2v) is 4.08. The average molecular weight is 200 g/mol. The summed E-state index contributed by atoms with van der Waals surface area (Å²) in [6.45, 7) is 7.33. The van der Waals surface area contributed by atoms with E-state index in [1.807, 2.05) is 5.48 Å². The second-order valence-electron chi connectivity index (χ2n) is 4.08. The van der Waals surface area contributed by atoms with E-state index in [0.717, 1.165) is 13.1 Å². The van der Waals surface area contributed by atoms with Crippen LogP contribution in [0.5, 0.6) is 0 Å². The Kier molecular flexibility index (Phi) is 4.16. The number of likely N-dealkylation sites (tertiary alicyclic amines) is 1. The van der Waals surface area contributed by atoms with Gasteiger partial charge in [0.2, 0.25) is 5.96 Å². The van der Waals surface area contributed by atoms with Gasteiger partial charge in [0.15, 0.2) is 0 Å². The first-order valence-corrected chi connectivity index (χ1v) is 5.07. The lowest BCUT2D eigenvalue weighted by molar-refractivity contribution is 0.232. The van der Waals surface area contributed by atoms with Gasteiger partial charge in [0.05, 0.1) is 0 Å². The molecule has 1 unspecified atom stereocenters. The van der Waals surface area contributed by atoms with E-state index in [9.17, 15) is 0 Å². The van der Waals surface area contributed by atoms with Gasteiger partial charge in [-0.05, 0) is 32.7 Å². The lowest BCUT2D eigenvalue weighted by Gasteiger charge is -2.19. The third kappa shape index (κ3) is 3.16. The number of rotatable bonds is 3. The Morgan fingerprint density at radius 2 is 2.43 bits per heavy atom. The molecular formula is C9H20N4O. The Bertz CT molecular complexity index is 205. The maximum atomic E-state index is 8.43. The first-order chi connectivity index (χ1) is 6.63. The Balaban J connectivity index is 2.29. The summed E-state index contributed by atoms with van der Waals surface area (Å²) in [5.74, 6) is 0.678. The normalized spacial score (nSPS) is 24.6. The van der Waals surface area contributed by atoms with Crippen LogP contribution in [0.4, 0.5) is 0 Å². The van der Waals surface area contributed by atoms with E-state index >= 15 is 0 Å². The van der Waals surface area contributed by atoms with Crippen molar-refractivity contribution in [1.82, 2.24) is 10.4 Å². The van der Waals surface area contributed by atoms with Gasteiger partial charge in [-0.1, -0.05) is 0 Å². The molecule has 1 saturated heterocycles. The van der Waals surface area contributed by atoms with E-state index in [2.05, 4.69) is 23.7 Å². The lowest BCUT2D eigenvalue weighted by Crippen LogP contribution is -2.30. The number of hydrogen-bond donors (Lipinski definition) is 3. The van der Waals surface area contributed by atoms with Gasteiger partial charge in [-0.2, -0.15) is 0 Å². The molecule has 0 amide bonds. The van der Waals surface area contributed by atoms with Crippen molar-refractivity contribution >= 4 is 5.96 Å². The molecule has 4 N–H and O–H groups in total. The molecule has 1 rings (SSSR count). The zero-order valence-corrected chi connectivity index (χ0v) is 8.90. The fourth-order valence-electron chi connectivity index (χ4n) is 1.74. The summed E-state index contributed by atoms with van der Waals surface area (Å²) in [7, 11) is 0. The Labute approximate surface area is 84.9 Å². The molecule has 0 radical (unpaired) electrons. The van der Waals surface area contributed by atoms with E-state index in [1.54, 1.807) is 0 Å². The van der Waals surface area contributed by atoms with Crippen LogP contribution in [0.1, 0.15) is 20.3 Å². The minimum absolute atomic E-state index is 0.105. The van der Waals surface area contributed by atoms with Gasteiger partial charge in [0, 0.05) is 19.1 Å². The SMILES string of the molecule is CC(C)N1CCC(CN=C(N)NO)C1. The van der Waals surface area contributed by atoms with Crippen molar-refractivity contribution in [3.05, 3.63) is 0 Å². The molecule has 82 valence electrons. The third-order valence-electron chi connectivity index (χ3n) is 2.68. The Morgan fingerprint density at radius 1 is 1.71 bits per heavy atom. The molecule has 14 heavy (non-hydrogen) atoms. The monoisotopic (exact) mass is 200 g/mol. The van der Waals surface area contributed by atoms with E-state index in [4.69, 9.17) is 10.9 Å². The quantitative estimate of drug-likeness (QED) is 0.341. The molecule has 5 nitrogen and oxygen atoms in total. The van der Waals surface area contributed by atoms with Gasteiger partial charge in [-0.15, -0.1) is 0 Å². The number of guanidine groups is 1. The van der Waals surface area contributed by atoms with E-state index < -0.39 is 0 Å². The molecule has 1 fully saturated rings. The van der Waals surface area contributed by atoms with Crippen LogP contribution in [0.25, 0.3) is 0 Å². The molecule has 0 aromatic carbocycles. The second kappa shape index (κ2) is 5.17. The molecule has 0 aliphatic carbocycles. The predicted octanol–water partition coefficient (Wildman–Crippen LogP) is 0.0102. The zero-order chi connectivity index (χ0) is 10.6. The summed E-state index contributed by atoms with van der Waals surface area (Å²) in [4.78, 5) is 6.46. The lowest BCUT2D eigenvalue weighted by atomic mass is 10.1. The van der Waals surface area contributed by atoms with Crippen molar-refractivity contribution in [2.45, 2.75) is 26.3 Å². The summed E-state index contributed by atoms with van der Waals surface area (Å²) in [5.41, 5.74) is 7.16. The fourth-order valence-corrected chi connectivity index (χ4v) is 1.74. The van der Waals surface area contributed by atoms with Gasteiger partial charge in [0.1, 0.15) is 0 Å². The van der Waals surface area contributed by atoms with Gasteiger partial charge in [-0.3, -0.25) is 10.2 Å². The van der Waals surface area contributed by atoms with Crippen LogP contribution >= 0.6 is 0 Å². The summed E-state index contributed by atoms with van der Waals surface area (Å²) in [5, 5.41) is 8.43. The Hall–Kier alpha value is -0.810. The van der Waals surface area contributed by atoms with Crippen LogP contribution in [0.15, 0.2) is 4.99 Å². The molecule has 0 aromatic heterocycles. The minimum Gasteiger partial charge on any atom is -0.368 e. The first-order valence-electron chi connectivity index (χ1n) is 5.07.